The van der Waals surface area contributed by atoms with Crippen LogP contribution < -0.4 is 4.74 Å². The molecular formula is C21H25N3OS2. The Hall–Kier alpha value is -1.89. The van der Waals surface area contributed by atoms with Gasteiger partial charge in [-0.1, -0.05) is 50.0 Å². The first-order chi connectivity index (χ1) is 13.2. The zero-order valence-electron chi connectivity index (χ0n) is 16.0. The first-order valence-corrected chi connectivity index (χ1v) is 10.6. The van der Waals surface area contributed by atoms with E-state index in [-0.39, 0.29) is 0 Å². The smallest absolute Gasteiger partial charge is 0.174 e. The molecule has 0 aliphatic carbocycles. The molecule has 1 heterocycles. The predicted octanol–water partition coefficient (Wildman–Crippen LogP) is 5.20. The highest BCUT2D eigenvalue weighted by Gasteiger charge is 2.12. The maximum absolute atomic E-state index is 5.84. The Morgan fingerprint density at radius 2 is 1.78 bits per heavy atom. The molecule has 0 unspecified atom stereocenters. The molecule has 0 saturated heterocycles. The molecule has 0 spiro atoms. The number of hydrogen-bond donors (Lipinski definition) is 0. The van der Waals surface area contributed by atoms with E-state index in [1.165, 1.54) is 0 Å². The van der Waals surface area contributed by atoms with E-state index in [0.29, 0.717) is 0 Å². The first-order valence-electron chi connectivity index (χ1n) is 9.19. The van der Waals surface area contributed by atoms with Gasteiger partial charge in [-0.2, -0.15) is 0 Å². The summed E-state index contributed by atoms with van der Waals surface area (Å²) in [5.74, 6) is 1.80. The lowest BCUT2D eigenvalue weighted by molar-refractivity contribution is 0.324. The number of para-hydroxylation sites is 1. The Bertz CT molecular complexity index is 950. The van der Waals surface area contributed by atoms with E-state index in [1.807, 2.05) is 48.5 Å². The molecule has 0 fully saturated rings. The number of aromatic nitrogens is 2. The van der Waals surface area contributed by atoms with Gasteiger partial charge >= 0.3 is 0 Å². The molecule has 0 bridgehead atoms. The summed E-state index contributed by atoms with van der Waals surface area (Å²) in [6.07, 6.45) is 0. The first kappa shape index (κ1) is 19.9. The molecule has 1 aromatic heterocycles. The van der Waals surface area contributed by atoms with Crippen LogP contribution in [0.1, 0.15) is 13.8 Å². The molecule has 0 aliphatic heterocycles. The van der Waals surface area contributed by atoms with Crippen LogP contribution in [-0.4, -0.2) is 46.9 Å². The van der Waals surface area contributed by atoms with Crippen LogP contribution in [0.4, 0.5) is 0 Å². The molecule has 0 saturated carbocycles. The third kappa shape index (κ3) is 4.51. The number of rotatable bonds is 8. The van der Waals surface area contributed by atoms with Crippen molar-refractivity contribution in [1.82, 2.24) is 14.5 Å². The standard InChI is InChI=1S/C21H25N3OS2/c1-4-23(5-2)14-15-27-21-22-19-9-7-6-8-18(19)20(26)24(21)16-10-12-17(25-3)13-11-16/h6-13H,4-5,14-15H2,1-3H3. The van der Waals surface area contributed by atoms with Crippen molar-refractivity contribution in [3.63, 3.8) is 0 Å². The topological polar surface area (TPSA) is 30.3 Å². The molecule has 2 aromatic carbocycles. The third-order valence-electron chi connectivity index (χ3n) is 4.61. The predicted molar refractivity (Wildman–Crippen MR) is 117 cm³/mol. The molecule has 3 aromatic rings. The number of methoxy groups -OCH3 is 1. The summed E-state index contributed by atoms with van der Waals surface area (Å²) in [5.41, 5.74) is 1.95. The normalized spacial score (nSPS) is 11.3. The summed E-state index contributed by atoms with van der Waals surface area (Å²) in [4.78, 5) is 7.33. The van der Waals surface area contributed by atoms with E-state index in [1.54, 1.807) is 18.9 Å². The molecule has 0 aliphatic rings. The zero-order valence-corrected chi connectivity index (χ0v) is 17.6. The van der Waals surface area contributed by atoms with Gasteiger partial charge in [0.2, 0.25) is 0 Å². The van der Waals surface area contributed by atoms with Crippen LogP contribution in [0.2, 0.25) is 0 Å². The van der Waals surface area contributed by atoms with Gasteiger partial charge in [0, 0.05) is 23.4 Å². The van der Waals surface area contributed by atoms with E-state index in [0.717, 1.165) is 57.5 Å². The van der Waals surface area contributed by atoms with Crippen molar-refractivity contribution in [2.45, 2.75) is 19.0 Å². The molecule has 0 radical (unpaired) electrons. The Morgan fingerprint density at radius 3 is 2.44 bits per heavy atom. The highest BCUT2D eigenvalue weighted by molar-refractivity contribution is 7.99. The Morgan fingerprint density at radius 1 is 1.07 bits per heavy atom. The van der Waals surface area contributed by atoms with Gasteiger partial charge < -0.3 is 9.64 Å². The Labute approximate surface area is 170 Å². The number of ether oxygens (including phenoxy) is 1. The van der Waals surface area contributed by atoms with E-state index in [2.05, 4.69) is 23.3 Å². The summed E-state index contributed by atoms with van der Waals surface area (Å²) >= 11 is 7.59. The average Bonchev–Trinajstić information content (AvgIpc) is 2.71. The van der Waals surface area contributed by atoms with Gasteiger partial charge in [-0.15, -0.1) is 0 Å². The number of fused-ring (bicyclic) bond motifs is 1. The number of benzene rings is 2. The van der Waals surface area contributed by atoms with Gasteiger partial charge in [0.25, 0.3) is 0 Å². The number of nitrogens with zero attached hydrogens (tertiary/aromatic N) is 3. The lowest BCUT2D eigenvalue weighted by atomic mass is 10.2. The average molecular weight is 400 g/mol. The van der Waals surface area contributed by atoms with E-state index in [9.17, 15) is 0 Å². The zero-order chi connectivity index (χ0) is 19.2. The molecule has 0 amide bonds. The fraction of sp³-hybridized carbons (Fsp3) is 0.333. The van der Waals surface area contributed by atoms with E-state index >= 15 is 0 Å². The number of thioether (sulfide) groups is 1. The van der Waals surface area contributed by atoms with Crippen molar-refractivity contribution in [3.05, 3.63) is 53.2 Å². The van der Waals surface area contributed by atoms with Crippen LogP contribution in [0.25, 0.3) is 16.6 Å². The van der Waals surface area contributed by atoms with Gasteiger partial charge in [0.15, 0.2) is 5.16 Å². The summed E-state index contributed by atoms with van der Waals surface area (Å²) in [6, 6.07) is 16.0. The minimum Gasteiger partial charge on any atom is -0.497 e. The Balaban J connectivity index is 2.02. The second-order valence-corrected chi connectivity index (χ2v) is 7.57. The minimum atomic E-state index is 0.788. The SMILES string of the molecule is CCN(CC)CCSc1nc2ccccc2c(=S)n1-c1ccc(OC)cc1. The van der Waals surface area contributed by atoms with Crippen LogP contribution in [0.15, 0.2) is 53.7 Å². The molecule has 142 valence electrons. The van der Waals surface area contributed by atoms with Gasteiger partial charge in [0.1, 0.15) is 10.4 Å². The minimum absolute atomic E-state index is 0.788. The second kappa shape index (κ2) is 9.35. The van der Waals surface area contributed by atoms with E-state index < -0.39 is 0 Å². The molecule has 6 heteroatoms. The van der Waals surface area contributed by atoms with Crippen molar-refractivity contribution in [2.24, 2.45) is 0 Å². The van der Waals surface area contributed by atoms with Crippen LogP contribution in [-0.2, 0) is 0 Å². The van der Waals surface area contributed by atoms with E-state index in [4.69, 9.17) is 21.9 Å². The van der Waals surface area contributed by atoms with Crippen LogP contribution >= 0.6 is 24.0 Å². The van der Waals surface area contributed by atoms with Crippen molar-refractivity contribution in [3.8, 4) is 11.4 Å². The Kier molecular flexibility index (Phi) is 6.88. The monoisotopic (exact) mass is 399 g/mol. The van der Waals surface area contributed by atoms with Gasteiger partial charge in [0.05, 0.1) is 12.6 Å². The fourth-order valence-electron chi connectivity index (χ4n) is 2.97. The van der Waals surface area contributed by atoms with Gasteiger partial charge in [-0.05, 0) is 49.5 Å². The summed E-state index contributed by atoms with van der Waals surface area (Å²) < 4.78 is 8.15. The van der Waals surface area contributed by atoms with Crippen LogP contribution in [0.3, 0.4) is 0 Å². The highest BCUT2D eigenvalue weighted by Crippen LogP contribution is 2.27. The van der Waals surface area contributed by atoms with Crippen molar-refractivity contribution in [2.75, 3.05) is 32.5 Å². The third-order valence-corrected chi connectivity index (χ3v) is 5.93. The molecule has 0 N–H and O–H groups in total. The molecule has 0 atom stereocenters. The summed E-state index contributed by atoms with van der Waals surface area (Å²) in [6.45, 7) is 7.55. The van der Waals surface area contributed by atoms with Gasteiger partial charge in [-0.25, -0.2) is 4.98 Å². The largest absolute Gasteiger partial charge is 0.497 e. The van der Waals surface area contributed by atoms with Crippen LogP contribution in [0.5, 0.6) is 5.75 Å². The number of hydrogen-bond acceptors (Lipinski definition) is 5. The molecule has 3 rings (SSSR count). The molecular weight excluding hydrogens is 374 g/mol. The fourth-order valence-corrected chi connectivity index (χ4v) is 4.42. The van der Waals surface area contributed by atoms with Crippen molar-refractivity contribution >= 4 is 34.9 Å². The van der Waals surface area contributed by atoms with Gasteiger partial charge in [-0.3, -0.25) is 4.57 Å². The van der Waals surface area contributed by atoms with Crippen LogP contribution in [0, 0.1) is 4.64 Å². The molecule has 4 nitrogen and oxygen atoms in total. The summed E-state index contributed by atoms with van der Waals surface area (Å²) in [7, 11) is 1.67. The van der Waals surface area contributed by atoms with Crippen molar-refractivity contribution < 1.29 is 4.74 Å². The lowest BCUT2D eigenvalue weighted by Gasteiger charge is -2.19. The quantitative estimate of drug-likeness (QED) is 0.295. The van der Waals surface area contributed by atoms with Crippen molar-refractivity contribution in [1.29, 1.82) is 0 Å². The summed E-state index contributed by atoms with van der Waals surface area (Å²) in [5, 5.41) is 1.92. The maximum Gasteiger partial charge on any atom is 0.174 e. The highest BCUT2D eigenvalue weighted by atomic mass is 32.2. The lowest BCUT2D eigenvalue weighted by Crippen LogP contribution is -2.25. The maximum atomic E-state index is 5.84. The second-order valence-electron chi connectivity index (χ2n) is 6.13. The molecule has 27 heavy (non-hydrogen) atoms.